The van der Waals surface area contributed by atoms with Crippen molar-refractivity contribution < 1.29 is 4.39 Å². The highest BCUT2D eigenvalue weighted by molar-refractivity contribution is 9.10. The molecular formula is C14H18BrFN4. The summed E-state index contributed by atoms with van der Waals surface area (Å²) in [5.41, 5.74) is 5.65. The Balaban J connectivity index is 2.25. The molecule has 4 nitrogen and oxygen atoms in total. The molecule has 1 aromatic heterocycles. The first kappa shape index (κ1) is 15.2. The summed E-state index contributed by atoms with van der Waals surface area (Å²) in [4.78, 5) is 0. The molecule has 1 atom stereocenters. The molecule has 3 N–H and O–H groups in total. The summed E-state index contributed by atoms with van der Waals surface area (Å²) in [7, 11) is 1.91. The maximum Gasteiger partial charge on any atom is 0.124 e. The fraction of sp³-hybridized carbons (Fsp3) is 0.357. The molecule has 0 amide bonds. The van der Waals surface area contributed by atoms with Crippen molar-refractivity contribution in [2.24, 2.45) is 12.9 Å². The van der Waals surface area contributed by atoms with E-state index in [0.717, 1.165) is 23.4 Å². The number of aryl methyl sites for hydroxylation is 2. The molecule has 0 radical (unpaired) electrons. The van der Waals surface area contributed by atoms with Gasteiger partial charge in [0.15, 0.2) is 0 Å². The Bertz CT molecular complexity index is 577. The molecule has 0 saturated heterocycles. The summed E-state index contributed by atoms with van der Waals surface area (Å²) < 4.78 is 16.0. The van der Waals surface area contributed by atoms with Gasteiger partial charge in [0.05, 0.1) is 11.7 Å². The Morgan fingerprint density at radius 1 is 1.40 bits per heavy atom. The van der Waals surface area contributed by atoms with Gasteiger partial charge in [0, 0.05) is 23.6 Å². The van der Waals surface area contributed by atoms with E-state index in [0.29, 0.717) is 10.9 Å². The maximum atomic E-state index is 13.5. The molecule has 0 spiro atoms. The lowest BCUT2D eigenvalue weighted by molar-refractivity contribution is 0.524. The quantitative estimate of drug-likeness (QED) is 0.649. The van der Waals surface area contributed by atoms with Gasteiger partial charge in [-0.3, -0.25) is 16.0 Å². The molecule has 0 fully saturated rings. The van der Waals surface area contributed by atoms with Gasteiger partial charge >= 0.3 is 0 Å². The molecular weight excluding hydrogens is 323 g/mol. The van der Waals surface area contributed by atoms with Gasteiger partial charge in [0.2, 0.25) is 0 Å². The Labute approximate surface area is 126 Å². The summed E-state index contributed by atoms with van der Waals surface area (Å²) >= 11 is 3.30. The van der Waals surface area contributed by atoms with Crippen LogP contribution in [-0.2, 0) is 19.9 Å². The number of hydrazine groups is 1. The topological polar surface area (TPSA) is 55.9 Å². The monoisotopic (exact) mass is 340 g/mol. The molecule has 0 saturated carbocycles. The molecule has 6 heteroatoms. The average molecular weight is 341 g/mol. The lowest BCUT2D eigenvalue weighted by atomic mass is 10.0. The lowest BCUT2D eigenvalue weighted by Gasteiger charge is -2.17. The van der Waals surface area contributed by atoms with Gasteiger partial charge in [-0.1, -0.05) is 22.9 Å². The van der Waals surface area contributed by atoms with Crippen LogP contribution in [0.25, 0.3) is 0 Å². The van der Waals surface area contributed by atoms with Crippen molar-refractivity contribution in [2.75, 3.05) is 0 Å². The predicted molar refractivity (Wildman–Crippen MR) is 80.5 cm³/mol. The van der Waals surface area contributed by atoms with E-state index in [1.54, 1.807) is 0 Å². The van der Waals surface area contributed by atoms with Crippen molar-refractivity contribution in [1.82, 2.24) is 15.2 Å². The predicted octanol–water partition coefficient (Wildman–Crippen LogP) is 2.63. The fourth-order valence-electron chi connectivity index (χ4n) is 2.19. The number of hydrogen-bond donors (Lipinski definition) is 2. The number of halogens is 2. The van der Waals surface area contributed by atoms with Crippen LogP contribution in [0.4, 0.5) is 4.39 Å². The molecule has 108 valence electrons. The average Bonchev–Trinajstić information content (AvgIpc) is 2.75. The summed E-state index contributed by atoms with van der Waals surface area (Å²) in [6.07, 6.45) is 1.54. The van der Waals surface area contributed by atoms with Crippen LogP contribution in [0, 0.1) is 5.82 Å². The Morgan fingerprint density at radius 3 is 2.70 bits per heavy atom. The smallest absolute Gasteiger partial charge is 0.124 e. The largest absolute Gasteiger partial charge is 0.272 e. The minimum Gasteiger partial charge on any atom is -0.272 e. The first-order chi connectivity index (χ1) is 9.53. The lowest BCUT2D eigenvalue weighted by Crippen LogP contribution is -2.30. The van der Waals surface area contributed by atoms with Gasteiger partial charge in [0.1, 0.15) is 5.82 Å². The maximum absolute atomic E-state index is 13.5. The molecule has 0 aliphatic heterocycles. The zero-order valence-electron chi connectivity index (χ0n) is 11.5. The van der Waals surface area contributed by atoms with Crippen LogP contribution in [0.2, 0.25) is 0 Å². The van der Waals surface area contributed by atoms with E-state index < -0.39 is 0 Å². The van der Waals surface area contributed by atoms with E-state index >= 15 is 0 Å². The van der Waals surface area contributed by atoms with Crippen molar-refractivity contribution >= 4 is 15.9 Å². The zero-order valence-corrected chi connectivity index (χ0v) is 13.1. The van der Waals surface area contributed by atoms with E-state index in [4.69, 9.17) is 5.84 Å². The molecule has 1 aromatic carbocycles. The highest BCUT2D eigenvalue weighted by Crippen LogP contribution is 2.23. The third-order valence-corrected chi connectivity index (χ3v) is 3.75. The van der Waals surface area contributed by atoms with Crippen LogP contribution in [0.1, 0.15) is 29.9 Å². The van der Waals surface area contributed by atoms with Crippen molar-refractivity contribution in [3.8, 4) is 0 Å². The summed E-state index contributed by atoms with van der Waals surface area (Å²) in [6, 6.07) is 6.67. The number of aromatic nitrogens is 2. The first-order valence-corrected chi connectivity index (χ1v) is 7.26. The summed E-state index contributed by atoms with van der Waals surface area (Å²) in [5, 5.41) is 4.41. The van der Waals surface area contributed by atoms with Gasteiger partial charge in [-0.2, -0.15) is 5.10 Å². The molecule has 1 unspecified atom stereocenters. The summed E-state index contributed by atoms with van der Waals surface area (Å²) in [5.74, 6) is 5.34. The van der Waals surface area contributed by atoms with Crippen LogP contribution in [-0.4, -0.2) is 9.78 Å². The van der Waals surface area contributed by atoms with Crippen molar-refractivity contribution in [2.45, 2.75) is 25.8 Å². The SMILES string of the molecule is CCc1cc(CC(NN)c2cc(F)cc(Br)c2)n(C)n1. The minimum absolute atomic E-state index is 0.165. The van der Waals surface area contributed by atoms with Crippen LogP contribution in [0.15, 0.2) is 28.7 Å². The third kappa shape index (κ3) is 3.45. The fourth-order valence-corrected chi connectivity index (χ4v) is 2.68. The highest BCUT2D eigenvalue weighted by Gasteiger charge is 2.15. The van der Waals surface area contributed by atoms with Gasteiger partial charge < -0.3 is 0 Å². The minimum atomic E-state index is -0.283. The standard InChI is InChI=1S/C14H18BrFN4/c1-3-12-7-13(20(2)19-12)8-14(18-17)9-4-10(15)6-11(16)5-9/h4-7,14,18H,3,8,17H2,1-2H3. The number of benzene rings is 1. The third-order valence-electron chi connectivity index (χ3n) is 3.29. The normalized spacial score (nSPS) is 12.7. The molecule has 2 rings (SSSR count). The van der Waals surface area contributed by atoms with Crippen LogP contribution in [0.3, 0.4) is 0 Å². The molecule has 0 aliphatic carbocycles. The van der Waals surface area contributed by atoms with Crippen LogP contribution < -0.4 is 11.3 Å². The Hall–Kier alpha value is -1.24. The molecule has 2 aromatic rings. The zero-order chi connectivity index (χ0) is 14.7. The van der Waals surface area contributed by atoms with Crippen molar-refractivity contribution in [3.63, 3.8) is 0 Å². The highest BCUT2D eigenvalue weighted by atomic mass is 79.9. The van der Waals surface area contributed by atoms with Gasteiger partial charge in [-0.05, 0) is 36.2 Å². The molecule has 1 heterocycles. The first-order valence-electron chi connectivity index (χ1n) is 6.47. The van der Waals surface area contributed by atoms with E-state index in [1.165, 1.54) is 12.1 Å². The van der Waals surface area contributed by atoms with Gasteiger partial charge in [-0.15, -0.1) is 0 Å². The van der Waals surface area contributed by atoms with Crippen molar-refractivity contribution in [1.29, 1.82) is 0 Å². The molecule has 20 heavy (non-hydrogen) atoms. The van der Waals surface area contributed by atoms with Gasteiger partial charge in [0.25, 0.3) is 0 Å². The molecule has 0 aliphatic rings. The van der Waals surface area contributed by atoms with Crippen LogP contribution in [0.5, 0.6) is 0 Å². The number of nitrogens with zero attached hydrogens (tertiary/aromatic N) is 2. The number of nitrogens with one attached hydrogen (secondary N) is 1. The van der Waals surface area contributed by atoms with Crippen molar-refractivity contribution in [3.05, 3.63) is 51.5 Å². The second-order valence-corrected chi connectivity index (χ2v) is 5.65. The second kappa shape index (κ2) is 6.47. The second-order valence-electron chi connectivity index (χ2n) is 4.73. The van der Waals surface area contributed by atoms with E-state index in [2.05, 4.69) is 39.4 Å². The Kier molecular flexibility index (Phi) is 4.91. The van der Waals surface area contributed by atoms with Crippen LogP contribution >= 0.6 is 15.9 Å². The molecule has 0 bridgehead atoms. The number of hydrogen-bond acceptors (Lipinski definition) is 3. The number of nitrogens with two attached hydrogens (primary N) is 1. The number of rotatable bonds is 5. The Morgan fingerprint density at radius 2 is 2.15 bits per heavy atom. The summed E-state index contributed by atoms with van der Waals surface area (Å²) in [6.45, 7) is 2.06. The van der Waals surface area contributed by atoms with E-state index in [9.17, 15) is 4.39 Å². The van der Waals surface area contributed by atoms with Gasteiger partial charge in [-0.25, -0.2) is 4.39 Å². The van der Waals surface area contributed by atoms with E-state index in [1.807, 2.05) is 17.8 Å². The van der Waals surface area contributed by atoms with E-state index in [-0.39, 0.29) is 11.9 Å².